The number of aromatic nitrogens is 3. The van der Waals surface area contributed by atoms with Crippen LogP contribution in [0.5, 0.6) is 0 Å². The van der Waals surface area contributed by atoms with Gasteiger partial charge in [-0.05, 0) is 30.9 Å². The van der Waals surface area contributed by atoms with Gasteiger partial charge in [0.15, 0.2) is 23.3 Å². The molecule has 0 radical (unpaired) electrons. The minimum absolute atomic E-state index is 0.181. The first-order chi connectivity index (χ1) is 9.75. The van der Waals surface area contributed by atoms with Gasteiger partial charge in [-0.25, -0.2) is 8.78 Å². The molecule has 104 valence electrons. The van der Waals surface area contributed by atoms with Gasteiger partial charge in [-0.3, -0.25) is 0 Å². The third-order valence-electron chi connectivity index (χ3n) is 4.04. The highest BCUT2D eigenvalue weighted by Gasteiger charge is 2.37. The second-order valence-electron chi connectivity index (χ2n) is 5.40. The number of rotatable bonds is 2. The Morgan fingerprint density at radius 1 is 1.20 bits per heavy atom. The maximum absolute atomic E-state index is 13.9. The number of fused-ring (bicyclic) bond motifs is 1. The molecule has 1 aromatic heterocycles. The van der Waals surface area contributed by atoms with Crippen molar-refractivity contribution in [2.75, 3.05) is 6.54 Å². The molecular weight excluding hydrogens is 262 g/mol. The van der Waals surface area contributed by atoms with Gasteiger partial charge in [0.25, 0.3) is 0 Å². The van der Waals surface area contributed by atoms with Crippen LogP contribution in [0.1, 0.15) is 24.7 Å². The fraction of sp³-hybridized carbons (Fsp3) is 0.429. The molecule has 1 fully saturated rings. The first-order valence-corrected chi connectivity index (χ1v) is 6.86. The zero-order valence-electron chi connectivity index (χ0n) is 10.8. The summed E-state index contributed by atoms with van der Waals surface area (Å²) in [6.07, 6.45) is 2.38. The van der Waals surface area contributed by atoms with Crippen LogP contribution in [0.3, 0.4) is 0 Å². The second kappa shape index (κ2) is 4.34. The molecule has 0 saturated heterocycles. The largest absolute Gasteiger partial charge is 0.308 e. The van der Waals surface area contributed by atoms with Gasteiger partial charge < -0.3 is 9.88 Å². The average molecular weight is 276 g/mol. The van der Waals surface area contributed by atoms with E-state index in [0.29, 0.717) is 18.3 Å². The lowest BCUT2D eigenvalue weighted by molar-refractivity contribution is 0.382. The molecule has 6 heteroatoms. The molecule has 20 heavy (non-hydrogen) atoms. The Bertz CT molecular complexity index is 663. The molecule has 1 aliphatic carbocycles. The molecule has 0 amide bonds. The molecule has 1 aliphatic heterocycles. The third-order valence-corrected chi connectivity index (χ3v) is 4.04. The topological polar surface area (TPSA) is 42.7 Å². The SMILES string of the molecule is Fc1cccc(-c2nnc3n2CCNC3C2CC2)c1F. The number of hydrogen-bond donors (Lipinski definition) is 1. The maximum atomic E-state index is 13.9. The van der Waals surface area contributed by atoms with Crippen molar-refractivity contribution in [3.8, 4) is 11.4 Å². The van der Waals surface area contributed by atoms with Crippen molar-refractivity contribution in [2.24, 2.45) is 5.92 Å². The highest BCUT2D eigenvalue weighted by atomic mass is 19.2. The van der Waals surface area contributed by atoms with Crippen LogP contribution >= 0.6 is 0 Å². The smallest absolute Gasteiger partial charge is 0.169 e. The van der Waals surface area contributed by atoms with Crippen molar-refractivity contribution in [1.82, 2.24) is 20.1 Å². The Balaban J connectivity index is 1.82. The number of nitrogens with one attached hydrogen (secondary N) is 1. The van der Waals surface area contributed by atoms with Gasteiger partial charge in [-0.2, -0.15) is 0 Å². The van der Waals surface area contributed by atoms with E-state index >= 15 is 0 Å². The molecule has 0 spiro atoms. The molecule has 1 unspecified atom stereocenters. The Morgan fingerprint density at radius 3 is 2.85 bits per heavy atom. The summed E-state index contributed by atoms with van der Waals surface area (Å²) in [4.78, 5) is 0. The summed E-state index contributed by atoms with van der Waals surface area (Å²) in [6, 6.07) is 4.35. The van der Waals surface area contributed by atoms with E-state index in [9.17, 15) is 8.78 Å². The van der Waals surface area contributed by atoms with Gasteiger partial charge >= 0.3 is 0 Å². The van der Waals surface area contributed by atoms with Crippen LogP contribution in [0.25, 0.3) is 11.4 Å². The van der Waals surface area contributed by atoms with E-state index in [1.807, 2.05) is 4.57 Å². The summed E-state index contributed by atoms with van der Waals surface area (Å²) in [6.45, 7) is 1.48. The molecule has 0 bridgehead atoms. The van der Waals surface area contributed by atoms with Crippen molar-refractivity contribution in [1.29, 1.82) is 0 Å². The molecule has 1 atom stereocenters. The Hall–Kier alpha value is -1.82. The molecule has 2 heterocycles. The monoisotopic (exact) mass is 276 g/mol. The molecule has 1 N–H and O–H groups in total. The zero-order valence-corrected chi connectivity index (χ0v) is 10.8. The van der Waals surface area contributed by atoms with Crippen LogP contribution in [0, 0.1) is 17.6 Å². The van der Waals surface area contributed by atoms with Gasteiger partial charge in [-0.15, -0.1) is 10.2 Å². The summed E-state index contributed by atoms with van der Waals surface area (Å²) in [7, 11) is 0. The zero-order chi connectivity index (χ0) is 13.7. The molecule has 2 aromatic rings. The highest BCUT2D eigenvalue weighted by molar-refractivity contribution is 5.56. The van der Waals surface area contributed by atoms with Gasteiger partial charge in [0.2, 0.25) is 0 Å². The summed E-state index contributed by atoms with van der Waals surface area (Å²) in [5.41, 5.74) is 0.181. The summed E-state index contributed by atoms with van der Waals surface area (Å²) in [5, 5.41) is 11.7. The maximum Gasteiger partial charge on any atom is 0.169 e. The minimum atomic E-state index is -0.857. The van der Waals surface area contributed by atoms with E-state index in [4.69, 9.17) is 0 Å². The molecule has 4 rings (SSSR count). The summed E-state index contributed by atoms with van der Waals surface area (Å²) < 4.78 is 29.2. The Kier molecular flexibility index (Phi) is 2.60. The van der Waals surface area contributed by atoms with Crippen molar-refractivity contribution in [3.63, 3.8) is 0 Å². The van der Waals surface area contributed by atoms with Crippen LogP contribution in [-0.4, -0.2) is 21.3 Å². The second-order valence-corrected chi connectivity index (χ2v) is 5.40. The number of hydrogen-bond acceptors (Lipinski definition) is 3. The van der Waals surface area contributed by atoms with Crippen LogP contribution in [0.4, 0.5) is 8.78 Å². The van der Waals surface area contributed by atoms with Gasteiger partial charge in [0, 0.05) is 13.1 Å². The number of halogens is 2. The van der Waals surface area contributed by atoms with E-state index in [0.717, 1.165) is 18.4 Å². The molecule has 4 nitrogen and oxygen atoms in total. The van der Waals surface area contributed by atoms with Crippen molar-refractivity contribution in [2.45, 2.75) is 25.4 Å². The molecular formula is C14H14F2N4. The Labute approximate surface area is 114 Å². The van der Waals surface area contributed by atoms with Crippen LogP contribution in [0.2, 0.25) is 0 Å². The van der Waals surface area contributed by atoms with Crippen LogP contribution < -0.4 is 5.32 Å². The standard InChI is InChI=1S/C14H14F2N4/c15-10-3-1-2-9(11(10)16)13-18-19-14-12(8-4-5-8)17-6-7-20(13)14/h1-3,8,12,17H,4-7H2. The van der Waals surface area contributed by atoms with Gasteiger partial charge in [-0.1, -0.05) is 6.07 Å². The quantitative estimate of drug-likeness (QED) is 0.915. The van der Waals surface area contributed by atoms with Crippen LogP contribution in [-0.2, 0) is 6.54 Å². The lowest BCUT2D eigenvalue weighted by Crippen LogP contribution is -2.35. The van der Waals surface area contributed by atoms with E-state index in [1.54, 1.807) is 6.07 Å². The molecule has 2 aliphatic rings. The molecule has 1 saturated carbocycles. The lowest BCUT2D eigenvalue weighted by Gasteiger charge is -2.25. The predicted molar refractivity (Wildman–Crippen MR) is 68.8 cm³/mol. The molecule has 1 aromatic carbocycles. The first-order valence-electron chi connectivity index (χ1n) is 6.86. The predicted octanol–water partition coefficient (Wildman–Crippen LogP) is 2.28. The van der Waals surface area contributed by atoms with E-state index < -0.39 is 11.6 Å². The Morgan fingerprint density at radius 2 is 2.05 bits per heavy atom. The number of benzene rings is 1. The average Bonchev–Trinajstić information content (AvgIpc) is 3.21. The fourth-order valence-corrected chi connectivity index (χ4v) is 2.87. The van der Waals surface area contributed by atoms with Crippen LogP contribution in [0.15, 0.2) is 18.2 Å². The van der Waals surface area contributed by atoms with Gasteiger partial charge in [0.05, 0.1) is 11.6 Å². The number of nitrogens with zero attached hydrogens (tertiary/aromatic N) is 3. The highest BCUT2D eigenvalue weighted by Crippen LogP contribution is 2.42. The normalized spacial score (nSPS) is 21.8. The van der Waals surface area contributed by atoms with E-state index in [-0.39, 0.29) is 11.6 Å². The van der Waals surface area contributed by atoms with Crippen molar-refractivity contribution in [3.05, 3.63) is 35.7 Å². The van der Waals surface area contributed by atoms with E-state index in [1.165, 1.54) is 18.9 Å². The summed E-state index contributed by atoms with van der Waals surface area (Å²) >= 11 is 0. The van der Waals surface area contributed by atoms with E-state index in [2.05, 4.69) is 15.5 Å². The summed E-state index contributed by atoms with van der Waals surface area (Å²) in [5.74, 6) is 0.154. The van der Waals surface area contributed by atoms with Crippen molar-refractivity contribution >= 4 is 0 Å². The minimum Gasteiger partial charge on any atom is -0.308 e. The fourth-order valence-electron chi connectivity index (χ4n) is 2.87. The van der Waals surface area contributed by atoms with Crippen molar-refractivity contribution < 1.29 is 8.78 Å². The first kappa shape index (κ1) is 12.0. The lowest BCUT2D eigenvalue weighted by atomic mass is 10.1. The third kappa shape index (κ3) is 1.75. The van der Waals surface area contributed by atoms with Gasteiger partial charge in [0.1, 0.15) is 0 Å².